The van der Waals surface area contributed by atoms with Crippen molar-refractivity contribution in [3.8, 4) is 0 Å². The maximum atomic E-state index is 14.9. The van der Waals surface area contributed by atoms with Crippen LogP contribution in [0.1, 0.15) is 67.2 Å². The standard InChI is InChI=1S/C36H38N2O3/c1-21(2)19-23-12-14-24(15-13-23)32(39)30-31(33(40)35(4,5)6)38-28-17-11-22(3)20-25(28)16-18-29(38)36(30)26-9-7-8-10-27(26)37-34(36)41/h7-18,20-21,29-31H,19H2,1-6H3,(H,37,41)/t29-,30-,31-,36+/m0/s1. The molecule has 0 radical (unpaired) electrons. The van der Waals surface area contributed by atoms with Crippen LogP contribution >= 0.6 is 0 Å². The Labute approximate surface area is 242 Å². The van der Waals surface area contributed by atoms with Crippen molar-refractivity contribution in [3.05, 3.63) is 101 Å². The van der Waals surface area contributed by atoms with Gasteiger partial charge in [-0.1, -0.05) is 101 Å². The molecule has 1 N–H and O–H groups in total. The van der Waals surface area contributed by atoms with Crippen LogP contribution in [0.25, 0.3) is 6.08 Å². The van der Waals surface area contributed by atoms with Gasteiger partial charge in [-0.05, 0) is 54.2 Å². The first-order valence-electron chi connectivity index (χ1n) is 14.6. The van der Waals surface area contributed by atoms with Crippen molar-refractivity contribution in [1.29, 1.82) is 0 Å². The summed E-state index contributed by atoms with van der Waals surface area (Å²) in [6.45, 7) is 12.1. The van der Waals surface area contributed by atoms with Crippen molar-refractivity contribution in [2.45, 2.75) is 65.5 Å². The van der Waals surface area contributed by atoms with Crippen LogP contribution in [-0.2, 0) is 21.4 Å². The van der Waals surface area contributed by atoms with Gasteiger partial charge in [0.15, 0.2) is 11.6 Å². The fourth-order valence-corrected chi connectivity index (χ4v) is 7.20. The van der Waals surface area contributed by atoms with Gasteiger partial charge in [0, 0.05) is 22.4 Å². The highest BCUT2D eigenvalue weighted by Gasteiger charge is 2.70. The topological polar surface area (TPSA) is 66.5 Å². The van der Waals surface area contributed by atoms with Crippen molar-refractivity contribution in [2.75, 3.05) is 10.2 Å². The molecular weight excluding hydrogens is 508 g/mol. The fourth-order valence-electron chi connectivity index (χ4n) is 7.20. The smallest absolute Gasteiger partial charge is 0.238 e. The SMILES string of the molecule is Cc1ccc2c(c1)C=C[C@@H]1N2[C@H](C(=O)C(C)(C)C)[C@@H](C(=O)c2ccc(CC(C)C)cc2)[C@]12C(=O)Nc1ccccc12. The maximum Gasteiger partial charge on any atom is 0.238 e. The molecule has 1 spiro atoms. The number of rotatable bonds is 5. The Balaban J connectivity index is 1.62. The summed E-state index contributed by atoms with van der Waals surface area (Å²) in [6, 6.07) is 20.2. The van der Waals surface area contributed by atoms with E-state index in [0.29, 0.717) is 17.2 Å². The molecule has 1 fully saturated rings. The molecule has 5 heteroatoms. The minimum Gasteiger partial charge on any atom is -0.352 e. The molecule has 0 bridgehead atoms. The van der Waals surface area contributed by atoms with Gasteiger partial charge in [0.05, 0.1) is 12.0 Å². The van der Waals surface area contributed by atoms with Crippen molar-refractivity contribution in [1.82, 2.24) is 0 Å². The molecule has 3 heterocycles. The Morgan fingerprint density at radius 3 is 2.39 bits per heavy atom. The van der Waals surface area contributed by atoms with Gasteiger partial charge >= 0.3 is 0 Å². The number of para-hydroxylation sites is 1. The number of carbonyl (C=O) groups excluding carboxylic acids is 3. The molecule has 210 valence electrons. The Bertz CT molecular complexity index is 1590. The molecule has 1 saturated heterocycles. The number of anilines is 2. The molecular formula is C36H38N2O3. The molecule has 4 atom stereocenters. The molecule has 41 heavy (non-hydrogen) atoms. The minimum atomic E-state index is -1.27. The third-order valence-corrected chi connectivity index (χ3v) is 8.96. The van der Waals surface area contributed by atoms with Crippen LogP contribution in [0.4, 0.5) is 11.4 Å². The molecule has 1 amide bonds. The molecule has 0 aliphatic carbocycles. The number of benzene rings is 3. The summed E-state index contributed by atoms with van der Waals surface area (Å²) in [4.78, 5) is 45.9. The maximum absolute atomic E-state index is 14.9. The lowest BCUT2D eigenvalue weighted by Crippen LogP contribution is -2.51. The first-order valence-corrected chi connectivity index (χ1v) is 14.6. The van der Waals surface area contributed by atoms with E-state index in [0.717, 1.165) is 34.4 Å². The van der Waals surface area contributed by atoms with Gasteiger partial charge in [-0.2, -0.15) is 0 Å². The summed E-state index contributed by atoms with van der Waals surface area (Å²) < 4.78 is 0. The predicted octanol–water partition coefficient (Wildman–Crippen LogP) is 6.78. The quantitative estimate of drug-likeness (QED) is 0.358. The van der Waals surface area contributed by atoms with Gasteiger partial charge in [-0.25, -0.2) is 0 Å². The van der Waals surface area contributed by atoms with E-state index >= 15 is 0 Å². The van der Waals surface area contributed by atoms with E-state index in [9.17, 15) is 14.4 Å². The minimum absolute atomic E-state index is 0.0480. The third kappa shape index (κ3) is 4.08. The molecule has 0 unspecified atom stereocenters. The summed E-state index contributed by atoms with van der Waals surface area (Å²) in [5, 5.41) is 3.10. The first kappa shape index (κ1) is 27.2. The van der Waals surface area contributed by atoms with Crippen molar-refractivity contribution in [2.24, 2.45) is 17.3 Å². The van der Waals surface area contributed by atoms with Gasteiger partial charge in [0.25, 0.3) is 0 Å². The monoisotopic (exact) mass is 546 g/mol. The van der Waals surface area contributed by atoms with E-state index in [-0.39, 0.29) is 17.5 Å². The second kappa shape index (κ2) is 9.54. The van der Waals surface area contributed by atoms with Crippen molar-refractivity contribution >= 4 is 34.9 Å². The van der Waals surface area contributed by atoms with Gasteiger partial charge < -0.3 is 10.2 Å². The zero-order valence-electron chi connectivity index (χ0n) is 24.7. The summed E-state index contributed by atoms with van der Waals surface area (Å²) in [7, 11) is 0. The average molecular weight is 547 g/mol. The van der Waals surface area contributed by atoms with Gasteiger partial charge in [-0.15, -0.1) is 0 Å². The number of nitrogens with zero attached hydrogens (tertiary/aromatic N) is 1. The number of Topliss-reactive ketones (excluding diaryl/α,β-unsaturated/α-hetero) is 2. The van der Waals surface area contributed by atoms with E-state index in [2.05, 4.69) is 30.1 Å². The lowest BCUT2D eigenvalue weighted by atomic mass is 9.63. The van der Waals surface area contributed by atoms with Crippen LogP contribution in [0.2, 0.25) is 0 Å². The van der Waals surface area contributed by atoms with Crippen LogP contribution in [0, 0.1) is 24.2 Å². The molecule has 6 rings (SSSR count). The van der Waals surface area contributed by atoms with E-state index in [1.54, 1.807) is 0 Å². The van der Waals surface area contributed by atoms with Gasteiger partial charge in [0.2, 0.25) is 5.91 Å². The largest absolute Gasteiger partial charge is 0.352 e. The molecule has 3 aliphatic rings. The van der Waals surface area contributed by atoms with Crippen LogP contribution in [0.3, 0.4) is 0 Å². The summed E-state index contributed by atoms with van der Waals surface area (Å²) in [5.41, 5.74) is 4.14. The lowest BCUT2D eigenvalue weighted by Gasteiger charge is -2.38. The normalized spacial score (nSPS) is 24.3. The molecule has 0 saturated carbocycles. The number of amides is 1. The Morgan fingerprint density at radius 1 is 1.00 bits per heavy atom. The van der Waals surface area contributed by atoms with Crippen LogP contribution < -0.4 is 10.2 Å². The summed E-state index contributed by atoms with van der Waals surface area (Å²) >= 11 is 0. The average Bonchev–Trinajstić information content (AvgIpc) is 3.39. The fraction of sp³-hybridized carbons (Fsp3) is 0.361. The highest BCUT2D eigenvalue weighted by Crippen LogP contribution is 2.58. The Hall–Kier alpha value is -3.99. The first-order chi connectivity index (χ1) is 19.4. The van der Waals surface area contributed by atoms with Gasteiger partial charge in [-0.3, -0.25) is 14.4 Å². The third-order valence-electron chi connectivity index (χ3n) is 8.96. The highest BCUT2D eigenvalue weighted by molar-refractivity contribution is 6.17. The molecule has 5 nitrogen and oxygen atoms in total. The van der Waals surface area contributed by atoms with Crippen molar-refractivity contribution in [3.63, 3.8) is 0 Å². The van der Waals surface area contributed by atoms with Gasteiger partial charge in [0.1, 0.15) is 11.5 Å². The number of hydrogen-bond acceptors (Lipinski definition) is 4. The zero-order valence-corrected chi connectivity index (χ0v) is 24.7. The molecule has 3 aromatic rings. The number of carbonyl (C=O) groups is 3. The number of nitrogens with one attached hydrogen (secondary N) is 1. The Morgan fingerprint density at radius 2 is 1.71 bits per heavy atom. The second-order valence-corrected chi connectivity index (χ2v) is 13.3. The summed E-state index contributed by atoms with van der Waals surface area (Å²) in [6.07, 6.45) is 5.00. The van der Waals surface area contributed by atoms with E-state index in [1.165, 1.54) is 0 Å². The number of aryl methyl sites for hydroxylation is 1. The van der Waals surface area contributed by atoms with E-state index < -0.39 is 28.8 Å². The summed E-state index contributed by atoms with van der Waals surface area (Å²) in [5.74, 6) is -0.877. The second-order valence-electron chi connectivity index (χ2n) is 13.3. The van der Waals surface area contributed by atoms with Crippen molar-refractivity contribution < 1.29 is 14.4 Å². The molecule has 0 aromatic heterocycles. The van der Waals surface area contributed by atoms with E-state index in [1.807, 2.05) is 101 Å². The lowest BCUT2D eigenvalue weighted by molar-refractivity contribution is -0.128. The van der Waals surface area contributed by atoms with Crippen LogP contribution in [0.15, 0.2) is 72.8 Å². The Kier molecular flexibility index (Phi) is 6.33. The zero-order chi connectivity index (χ0) is 29.3. The molecule has 3 aromatic carbocycles. The molecule has 3 aliphatic heterocycles. The highest BCUT2D eigenvalue weighted by atomic mass is 16.2. The number of ketones is 2. The van der Waals surface area contributed by atoms with Crippen LogP contribution in [-0.4, -0.2) is 29.6 Å². The van der Waals surface area contributed by atoms with E-state index in [4.69, 9.17) is 0 Å². The predicted molar refractivity (Wildman–Crippen MR) is 164 cm³/mol. The van der Waals surface area contributed by atoms with Crippen LogP contribution in [0.5, 0.6) is 0 Å². The number of fused-ring (bicyclic) bond motifs is 6. The number of hydrogen-bond donors (Lipinski definition) is 1.